The smallest absolute Gasteiger partial charge is 0.254 e. The lowest BCUT2D eigenvalue weighted by molar-refractivity contribution is -0.132. The summed E-state index contributed by atoms with van der Waals surface area (Å²) in [5.41, 5.74) is 2.80. The van der Waals surface area contributed by atoms with Crippen LogP contribution in [0.5, 0.6) is 5.75 Å². The number of amides is 2. The molecule has 0 unspecified atom stereocenters. The molecule has 1 fully saturated rings. The van der Waals surface area contributed by atoms with E-state index >= 15 is 0 Å². The van der Waals surface area contributed by atoms with E-state index in [2.05, 4.69) is 15.1 Å². The molecule has 2 heterocycles. The van der Waals surface area contributed by atoms with E-state index in [4.69, 9.17) is 16.3 Å². The fourth-order valence-electron chi connectivity index (χ4n) is 4.66. The summed E-state index contributed by atoms with van der Waals surface area (Å²) in [6.45, 7) is 2.20. The molecular formula is C31H29ClFN5O3. The Morgan fingerprint density at radius 1 is 0.927 bits per heavy atom. The normalized spacial score (nSPS) is 13.1. The predicted molar refractivity (Wildman–Crippen MR) is 155 cm³/mol. The second kappa shape index (κ2) is 12.8. The minimum absolute atomic E-state index is 0.103. The van der Waals surface area contributed by atoms with Crippen LogP contribution in [0.2, 0.25) is 5.02 Å². The minimum Gasteiger partial charge on any atom is -0.497 e. The van der Waals surface area contributed by atoms with Crippen molar-refractivity contribution in [3.8, 4) is 17.0 Å². The van der Waals surface area contributed by atoms with Crippen LogP contribution < -0.4 is 9.64 Å². The topological polar surface area (TPSA) is 78.9 Å². The lowest BCUT2D eigenvalue weighted by Crippen LogP contribution is -2.52. The number of rotatable bonds is 8. The third kappa shape index (κ3) is 6.99. The van der Waals surface area contributed by atoms with E-state index in [-0.39, 0.29) is 30.7 Å². The standard InChI is InChI=1S/C31H29ClFN5O3/c1-41-27-4-2-3-24(19-27)28-13-14-29(35-34-28)36-15-17-37(18-16-36)30(39)21-38(20-22-5-11-26(33)12-6-22)31(40)23-7-9-25(32)10-8-23/h2-14,19H,15-18,20-21H2,1H3. The highest BCUT2D eigenvalue weighted by molar-refractivity contribution is 6.30. The summed E-state index contributed by atoms with van der Waals surface area (Å²) in [7, 11) is 1.62. The molecule has 0 atom stereocenters. The third-order valence-corrected chi connectivity index (χ3v) is 7.22. The van der Waals surface area contributed by atoms with Crippen LogP contribution in [-0.2, 0) is 11.3 Å². The van der Waals surface area contributed by atoms with E-state index in [0.717, 1.165) is 28.4 Å². The first kappa shape index (κ1) is 28.0. The SMILES string of the molecule is COc1cccc(-c2ccc(N3CCN(C(=O)CN(Cc4ccc(F)cc4)C(=O)c4ccc(Cl)cc4)CC3)nn2)c1. The lowest BCUT2D eigenvalue weighted by atomic mass is 10.1. The van der Waals surface area contributed by atoms with Gasteiger partial charge in [0.1, 0.15) is 18.1 Å². The Kier molecular flexibility index (Phi) is 8.74. The molecule has 4 aromatic rings. The number of carbonyl (C=O) groups excluding carboxylic acids is 2. The van der Waals surface area contributed by atoms with Crippen molar-refractivity contribution >= 4 is 29.2 Å². The van der Waals surface area contributed by atoms with Crippen molar-refractivity contribution in [1.82, 2.24) is 20.0 Å². The summed E-state index contributed by atoms with van der Waals surface area (Å²) < 4.78 is 18.7. The zero-order valence-electron chi connectivity index (χ0n) is 22.5. The number of methoxy groups -OCH3 is 1. The van der Waals surface area contributed by atoms with Crippen LogP contribution in [0.25, 0.3) is 11.3 Å². The maximum absolute atomic E-state index is 13.4. The zero-order valence-corrected chi connectivity index (χ0v) is 23.3. The molecule has 0 bridgehead atoms. The first-order valence-corrected chi connectivity index (χ1v) is 13.6. The monoisotopic (exact) mass is 573 g/mol. The molecule has 0 saturated carbocycles. The van der Waals surface area contributed by atoms with Gasteiger partial charge in [-0.3, -0.25) is 9.59 Å². The summed E-state index contributed by atoms with van der Waals surface area (Å²) in [5, 5.41) is 9.31. The Hall–Kier alpha value is -4.50. The number of benzene rings is 3. The van der Waals surface area contributed by atoms with Gasteiger partial charge in [0.05, 0.1) is 12.8 Å². The van der Waals surface area contributed by atoms with E-state index in [1.54, 1.807) is 48.4 Å². The van der Waals surface area contributed by atoms with Crippen molar-refractivity contribution in [3.63, 3.8) is 0 Å². The van der Waals surface area contributed by atoms with Gasteiger partial charge in [-0.1, -0.05) is 35.9 Å². The molecule has 10 heteroatoms. The Balaban J connectivity index is 1.22. The van der Waals surface area contributed by atoms with Gasteiger partial charge in [0.2, 0.25) is 5.91 Å². The molecule has 210 valence electrons. The third-order valence-electron chi connectivity index (χ3n) is 6.96. The van der Waals surface area contributed by atoms with Crippen molar-refractivity contribution in [2.45, 2.75) is 6.54 Å². The van der Waals surface area contributed by atoms with E-state index in [1.807, 2.05) is 36.4 Å². The van der Waals surface area contributed by atoms with Gasteiger partial charge in [0, 0.05) is 48.9 Å². The van der Waals surface area contributed by atoms with Gasteiger partial charge in [-0.05, 0) is 66.2 Å². The Morgan fingerprint density at radius 3 is 2.32 bits per heavy atom. The summed E-state index contributed by atoms with van der Waals surface area (Å²) in [6.07, 6.45) is 0. The molecule has 3 aromatic carbocycles. The summed E-state index contributed by atoms with van der Waals surface area (Å²) in [5.74, 6) is 0.663. The largest absolute Gasteiger partial charge is 0.497 e. The van der Waals surface area contributed by atoms with Gasteiger partial charge >= 0.3 is 0 Å². The molecular weight excluding hydrogens is 545 g/mol. The van der Waals surface area contributed by atoms with E-state index in [0.29, 0.717) is 36.8 Å². The van der Waals surface area contributed by atoms with Crippen molar-refractivity contribution in [2.24, 2.45) is 0 Å². The van der Waals surface area contributed by atoms with Crippen molar-refractivity contribution in [3.05, 3.63) is 107 Å². The number of halogens is 2. The number of hydrogen-bond acceptors (Lipinski definition) is 6. The van der Waals surface area contributed by atoms with Crippen LogP contribution in [0.3, 0.4) is 0 Å². The molecule has 8 nitrogen and oxygen atoms in total. The fourth-order valence-corrected chi connectivity index (χ4v) is 4.79. The maximum atomic E-state index is 13.4. The number of nitrogens with zero attached hydrogens (tertiary/aromatic N) is 5. The Morgan fingerprint density at radius 2 is 1.66 bits per heavy atom. The first-order chi connectivity index (χ1) is 19.9. The van der Waals surface area contributed by atoms with Crippen LogP contribution in [0.15, 0.2) is 84.9 Å². The van der Waals surface area contributed by atoms with Crippen LogP contribution >= 0.6 is 11.6 Å². The van der Waals surface area contributed by atoms with Crippen LogP contribution in [-0.4, -0.2) is 71.6 Å². The van der Waals surface area contributed by atoms with E-state index in [9.17, 15) is 14.0 Å². The second-order valence-electron chi connectivity index (χ2n) is 9.67. The molecule has 1 aromatic heterocycles. The number of anilines is 1. The van der Waals surface area contributed by atoms with Crippen molar-refractivity contribution < 1.29 is 18.7 Å². The average Bonchev–Trinajstić information content (AvgIpc) is 3.02. The number of aromatic nitrogens is 2. The van der Waals surface area contributed by atoms with E-state index < -0.39 is 0 Å². The Bertz CT molecular complexity index is 1490. The summed E-state index contributed by atoms with van der Waals surface area (Å²) in [4.78, 5) is 32.0. The molecule has 0 spiro atoms. The van der Waals surface area contributed by atoms with Gasteiger partial charge in [0.25, 0.3) is 5.91 Å². The molecule has 0 aliphatic carbocycles. The molecule has 5 rings (SSSR count). The average molecular weight is 574 g/mol. The predicted octanol–water partition coefficient (Wildman–Crippen LogP) is 4.94. The zero-order chi connectivity index (χ0) is 28.8. The molecule has 1 saturated heterocycles. The van der Waals surface area contributed by atoms with Gasteiger partial charge in [-0.25, -0.2) is 4.39 Å². The van der Waals surface area contributed by atoms with Gasteiger partial charge in [0.15, 0.2) is 5.82 Å². The van der Waals surface area contributed by atoms with Crippen LogP contribution in [0.4, 0.5) is 10.2 Å². The minimum atomic E-state index is -0.363. The van der Waals surface area contributed by atoms with Crippen molar-refractivity contribution in [2.75, 3.05) is 44.7 Å². The molecule has 1 aliphatic heterocycles. The first-order valence-electron chi connectivity index (χ1n) is 13.2. The maximum Gasteiger partial charge on any atom is 0.254 e. The molecule has 2 amide bonds. The lowest BCUT2D eigenvalue weighted by Gasteiger charge is -2.36. The van der Waals surface area contributed by atoms with Gasteiger partial charge in [-0.2, -0.15) is 0 Å². The highest BCUT2D eigenvalue weighted by atomic mass is 35.5. The number of ether oxygens (including phenoxy) is 1. The van der Waals surface area contributed by atoms with Crippen LogP contribution in [0.1, 0.15) is 15.9 Å². The summed E-state index contributed by atoms with van der Waals surface area (Å²) in [6, 6.07) is 23.9. The van der Waals surface area contributed by atoms with Crippen LogP contribution in [0, 0.1) is 5.82 Å². The Labute approximate surface area is 242 Å². The van der Waals surface area contributed by atoms with Gasteiger partial charge in [-0.15, -0.1) is 10.2 Å². The molecule has 41 heavy (non-hydrogen) atoms. The summed E-state index contributed by atoms with van der Waals surface area (Å²) >= 11 is 5.99. The fraction of sp³-hybridized carbons (Fsp3) is 0.226. The number of hydrogen-bond donors (Lipinski definition) is 0. The highest BCUT2D eigenvalue weighted by Gasteiger charge is 2.26. The quantitative estimate of drug-likeness (QED) is 0.297. The number of carbonyl (C=O) groups is 2. The number of piperazine rings is 1. The molecule has 1 aliphatic rings. The highest BCUT2D eigenvalue weighted by Crippen LogP contribution is 2.23. The second-order valence-corrected chi connectivity index (χ2v) is 10.1. The molecule has 0 N–H and O–H groups in total. The van der Waals surface area contributed by atoms with Crippen molar-refractivity contribution in [1.29, 1.82) is 0 Å². The van der Waals surface area contributed by atoms with Gasteiger partial charge < -0.3 is 19.4 Å². The van der Waals surface area contributed by atoms with E-state index in [1.165, 1.54) is 17.0 Å². The molecule has 0 radical (unpaired) electrons.